The molecule has 1 aromatic heterocycles. The molecular weight excluding hydrogens is 320 g/mol. The van der Waals surface area contributed by atoms with Gasteiger partial charge in [0.2, 0.25) is 0 Å². The molecule has 0 amide bonds. The van der Waals surface area contributed by atoms with Crippen LogP contribution in [0.25, 0.3) is 0 Å². The van der Waals surface area contributed by atoms with Crippen LogP contribution < -0.4 is 0 Å². The van der Waals surface area contributed by atoms with Crippen molar-refractivity contribution in [2.75, 3.05) is 6.61 Å². The molecule has 0 radical (unpaired) electrons. The number of cyclic esters (lactones) is 2. The van der Waals surface area contributed by atoms with Gasteiger partial charge >= 0.3 is 11.9 Å². The number of esters is 2. The first-order chi connectivity index (χ1) is 12.1. The molecule has 25 heavy (non-hydrogen) atoms. The number of hydrogen-bond donors (Lipinski definition) is 0. The lowest BCUT2D eigenvalue weighted by Crippen LogP contribution is -2.28. The van der Waals surface area contributed by atoms with Crippen molar-refractivity contribution < 1.29 is 23.5 Å². The molecule has 0 N–H and O–H groups in total. The molecule has 2 saturated carbocycles. The first kappa shape index (κ1) is 12.8. The van der Waals surface area contributed by atoms with E-state index in [9.17, 15) is 9.59 Å². The molecule has 0 unspecified atom stereocenters. The SMILES string of the molecule is O=C1OC[C@@]23C1=C[C@H]1C[C@@]24C=CC2=C([C@H](c5ccoc5)OC2=O)[C@]43C1. The van der Waals surface area contributed by atoms with E-state index < -0.39 is 6.10 Å². The molecule has 1 saturated heterocycles. The van der Waals surface area contributed by atoms with Crippen LogP contribution in [0.4, 0.5) is 0 Å². The van der Waals surface area contributed by atoms with Crippen LogP contribution >= 0.6 is 0 Å². The van der Waals surface area contributed by atoms with E-state index in [1.54, 1.807) is 12.5 Å². The first-order valence-corrected chi connectivity index (χ1v) is 8.71. The average Bonchev–Trinajstić information content (AvgIpc) is 3.20. The summed E-state index contributed by atoms with van der Waals surface area (Å²) in [6, 6.07) is 1.85. The van der Waals surface area contributed by atoms with Crippen molar-refractivity contribution in [2.45, 2.75) is 18.9 Å². The minimum atomic E-state index is -0.418. The number of rotatable bonds is 1. The number of allylic oxidation sites excluding steroid dienone is 2. The highest BCUT2D eigenvalue weighted by Gasteiger charge is 2.95. The van der Waals surface area contributed by atoms with Crippen molar-refractivity contribution >= 4 is 11.9 Å². The van der Waals surface area contributed by atoms with Crippen molar-refractivity contribution in [3.63, 3.8) is 0 Å². The molecule has 0 aromatic carbocycles. The maximum absolute atomic E-state index is 12.5. The van der Waals surface area contributed by atoms with Crippen LogP contribution in [0, 0.1) is 22.2 Å². The van der Waals surface area contributed by atoms with Gasteiger partial charge < -0.3 is 13.9 Å². The van der Waals surface area contributed by atoms with Gasteiger partial charge in [-0.1, -0.05) is 18.2 Å². The van der Waals surface area contributed by atoms with Crippen LogP contribution in [0.3, 0.4) is 0 Å². The Morgan fingerprint density at radius 2 is 2.04 bits per heavy atom. The summed E-state index contributed by atoms with van der Waals surface area (Å²) in [7, 11) is 0. The predicted octanol–water partition coefficient (Wildman–Crippen LogP) is 2.62. The number of furan rings is 1. The summed E-state index contributed by atoms with van der Waals surface area (Å²) in [5.74, 6) is -0.0970. The Kier molecular flexibility index (Phi) is 1.73. The zero-order valence-corrected chi connectivity index (χ0v) is 13.3. The summed E-state index contributed by atoms with van der Waals surface area (Å²) in [6.07, 6.45) is 11.0. The van der Waals surface area contributed by atoms with Gasteiger partial charge in [-0.2, -0.15) is 0 Å². The maximum atomic E-state index is 12.5. The molecule has 5 nitrogen and oxygen atoms in total. The lowest BCUT2D eigenvalue weighted by Gasteiger charge is -2.31. The molecule has 3 spiro atoms. The Morgan fingerprint density at radius 1 is 1.12 bits per heavy atom. The van der Waals surface area contributed by atoms with Crippen LogP contribution in [0.5, 0.6) is 0 Å². The van der Waals surface area contributed by atoms with E-state index >= 15 is 0 Å². The molecule has 2 aliphatic heterocycles. The molecule has 3 heterocycles. The second-order valence-electron chi connectivity index (χ2n) is 8.11. The second kappa shape index (κ2) is 3.39. The average molecular weight is 334 g/mol. The monoisotopic (exact) mass is 334 g/mol. The largest absolute Gasteiger partial charge is 0.472 e. The summed E-state index contributed by atoms with van der Waals surface area (Å²) in [6.45, 7) is 0.414. The van der Waals surface area contributed by atoms with Gasteiger partial charge in [-0.3, -0.25) is 0 Å². The maximum Gasteiger partial charge on any atom is 0.339 e. The summed E-state index contributed by atoms with van der Waals surface area (Å²) >= 11 is 0. The van der Waals surface area contributed by atoms with Gasteiger partial charge in [0.1, 0.15) is 6.61 Å². The topological polar surface area (TPSA) is 65.7 Å². The fourth-order valence-electron chi connectivity index (χ4n) is 7.08. The smallest absolute Gasteiger partial charge is 0.339 e. The number of hydrogen-bond acceptors (Lipinski definition) is 5. The quantitative estimate of drug-likeness (QED) is 0.739. The Bertz CT molecular complexity index is 995. The Hall–Kier alpha value is -2.56. The van der Waals surface area contributed by atoms with Crippen molar-refractivity contribution in [1.82, 2.24) is 0 Å². The third-order valence-corrected chi connectivity index (χ3v) is 7.68. The summed E-state index contributed by atoms with van der Waals surface area (Å²) in [4.78, 5) is 24.9. The van der Waals surface area contributed by atoms with Gasteiger partial charge in [0.05, 0.1) is 23.5 Å². The molecule has 8 rings (SSSR count). The fraction of sp³-hybridized carbons (Fsp3) is 0.400. The van der Waals surface area contributed by atoms with Crippen molar-refractivity contribution in [3.05, 3.63) is 59.1 Å². The molecule has 5 heteroatoms. The van der Waals surface area contributed by atoms with Gasteiger partial charge in [0, 0.05) is 22.0 Å². The minimum Gasteiger partial charge on any atom is -0.472 e. The number of carbonyl (C=O) groups is 2. The van der Waals surface area contributed by atoms with Crippen LogP contribution in [0.15, 0.2) is 58.0 Å². The van der Waals surface area contributed by atoms with E-state index in [1.165, 1.54) is 0 Å². The Morgan fingerprint density at radius 3 is 2.88 bits per heavy atom. The van der Waals surface area contributed by atoms with E-state index in [0.717, 1.165) is 29.6 Å². The molecule has 5 aliphatic carbocycles. The van der Waals surface area contributed by atoms with E-state index in [2.05, 4.69) is 12.2 Å². The van der Waals surface area contributed by atoms with E-state index in [0.29, 0.717) is 18.1 Å². The van der Waals surface area contributed by atoms with Crippen LogP contribution in [0.1, 0.15) is 24.5 Å². The number of carbonyl (C=O) groups excluding carboxylic acids is 2. The zero-order chi connectivity index (χ0) is 16.6. The molecular formula is C20H14O5. The molecule has 7 aliphatic rings. The summed E-state index contributed by atoms with van der Waals surface area (Å²) in [5, 5.41) is 0. The standard InChI is InChI=1S/C20H14O5/c21-16-12-1-3-18-6-10-5-13-17(22)24-9-20(13,18)19(18,7-10)14(12)15(25-16)11-2-4-23-8-11/h1-5,8,10,15H,6-7,9H2/t10-,15-,18+,19+,20+/m0/s1. The molecule has 124 valence electrons. The van der Waals surface area contributed by atoms with Gasteiger partial charge in [-0.05, 0) is 30.4 Å². The summed E-state index contributed by atoms with van der Waals surface area (Å²) < 4.78 is 16.5. The lowest BCUT2D eigenvalue weighted by molar-refractivity contribution is -0.140. The van der Waals surface area contributed by atoms with Crippen molar-refractivity contribution in [1.29, 1.82) is 0 Å². The molecule has 5 atom stereocenters. The van der Waals surface area contributed by atoms with Crippen LogP contribution in [-0.2, 0) is 19.1 Å². The zero-order valence-electron chi connectivity index (χ0n) is 13.3. The third-order valence-electron chi connectivity index (χ3n) is 7.68. The highest BCUT2D eigenvalue weighted by molar-refractivity contribution is 6.01. The minimum absolute atomic E-state index is 0.101. The van der Waals surface area contributed by atoms with Gasteiger partial charge in [-0.25, -0.2) is 9.59 Å². The van der Waals surface area contributed by atoms with Crippen molar-refractivity contribution in [3.8, 4) is 0 Å². The van der Waals surface area contributed by atoms with Crippen molar-refractivity contribution in [2.24, 2.45) is 22.2 Å². The second-order valence-corrected chi connectivity index (χ2v) is 8.11. The Labute approximate surface area is 143 Å². The Balaban J connectivity index is 1.53. The van der Waals surface area contributed by atoms with E-state index in [1.807, 2.05) is 12.1 Å². The van der Waals surface area contributed by atoms with Gasteiger partial charge in [0.15, 0.2) is 6.10 Å². The molecule has 4 bridgehead atoms. The molecule has 1 aromatic rings. The summed E-state index contributed by atoms with van der Waals surface area (Å²) in [5.41, 5.74) is 2.77. The normalized spacial score (nSPS) is 47.1. The van der Waals surface area contributed by atoms with Gasteiger partial charge in [-0.15, -0.1) is 0 Å². The highest BCUT2D eigenvalue weighted by atomic mass is 16.6. The van der Waals surface area contributed by atoms with Gasteiger partial charge in [0.25, 0.3) is 0 Å². The first-order valence-electron chi connectivity index (χ1n) is 8.71. The fourth-order valence-corrected chi connectivity index (χ4v) is 7.08. The van der Waals surface area contributed by atoms with Crippen LogP contribution in [0.2, 0.25) is 0 Å². The number of ether oxygens (including phenoxy) is 2. The van der Waals surface area contributed by atoms with Crippen LogP contribution in [-0.4, -0.2) is 18.5 Å². The third kappa shape index (κ3) is 0.969. The predicted molar refractivity (Wildman–Crippen MR) is 82.8 cm³/mol. The van der Waals surface area contributed by atoms with E-state index in [4.69, 9.17) is 13.9 Å². The highest BCUT2D eigenvalue weighted by Crippen LogP contribution is 2.96. The molecule has 3 fully saturated rings. The van der Waals surface area contributed by atoms with E-state index in [-0.39, 0.29) is 28.2 Å². The lowest BCUT2D eigenvalue weighted by atomic mass is 9.69.